The van der Waals surface area contributed by atoms with Gasteiger partial charge >= 0.3 is 0 Å². The molecule has 1 rings (SSSR count). The highest BCUT2D eigenvalue weighted by molar-refractivity contribution is 6.18. The van der Waals surface area contributed by atoms with Crippen molar-refractivity contribution in [1.29, 1.82) is 0 Å². The van der Waals surface area contributed by atoms with Gasteiger partial charge in [-0.05, 0) is 32.9 Å². The quantitative estimate of drug-likeness (QED) is 0.758. The van der Waals surface area contributed by atoms with E-state index in [0.29, 0.717) is 18.0 Å². The lowest BCUT2D eigenvalue weighted by Crippen LogP contribution is -2.38. The van der Waals surface area contributed by atoms with Gasteiger partial charge in [0.05, 0.1) is 5.56 Å². The maximum atomic E-state index is 12.2. The molecule has 88 valence electrons. The Morgan fingerprint density at radius 3 is 2.75 bits per heavy atom. The number of pyridine rings is 1. The fourth-order valence-corrected chi connectivity index (χ4v) is 1.73. The molecular weight excluding hydrogens is 224 g/mol. The Labute approximate surface area is 101 Å². The van der Waals surface area contributed by atoms with E-state index in [1.807, 2.05) is 20.8 Å². The zero-order valence-electron chi connectivity index (χ0n) is 9.90. The van der Waals surface area contributed by atoms with E-state index >= 15 is 0 Å². The fraction of sp³-hybridized carbons (Fsp3) is 0.500. The van der Waals surface area contributed by atoms with Crippen LogP contribution in [0, 0.1) is 6.92 Å². The number of rotatable bonds is 4. The molecule has 16 heavy (non-hydrogen) atoms. The van der Waals surface area contributed by atoms with Gasteiger partial charge in [-0.3, -0.25) is 9.78 Å². The number of carbonyl (C=O) groups excluding carboxylic acids is 1. The Balaban J connectivity index is 2.95. The maximum Gasteiger partial charge on any atom is 0.255 e. The molecule has 0 aliphatic rings. The van der Waals surface area contributed by atoms with Gasteiger partial charge in [-0.1, -0.05) is 0 Å². The Bertz CT molecular complexity index is 366. The summed E-state index contributed by atoms with van der Waals surface area (Å²) in [5.41, 5.74) is 1.41. The third-order valence-corrected chi connectivity index (χ3v) is 2.62. The first-order chi connectivity index (χ1) is 7.57. The molecule has 0 aliphatic heterocycles. The number of amides is 1. The Morgan fingerprint density at radius 1 is 1.56 bits per heavy atom. The molecule has 0 fully saturated rings. The molecule has 3 nitrogen and oxygen atoms in total. The second-order valence-electron chi connectivity index (χ2n) is 3.92. The van der Waals surface area contributed by atoms with Crippen molar-refractivity contribution < 1.29 is 4.79 Å². The van der Waals surface area contributed by atoms with Gasteiger partial charge in [-0.2, -0.15) is 0 Å². The number of alkyl halides is 1. The summed E-state index contributed by atoms with van der Waals surface area (Å²) in [5.74, 6) is 0.449. The van der Waals surface area contributed by atoms with Gasteiger partial charge < -0.3 is 4.90 Å². The van der Waals surface area contributed by atoms with Crippen LogP contribution in [-0.4, -0.2) is 34.3 Å². The third-order valence-electron chi connectivity index (χ3n) is 2.45. The summed E-state index contributed by atoms with van der Waals surface area (Å²) in [6.07, 6.45) is 1.69. The van der Waals surface area contributed by atoms with Gasteiger partial charge in [0.15, 0.2) is 0 Å². The van der Waals surface area contributed by atoms with Gasteiger partial charge in [0.1, 0.15) is 0 Å². The van der Waals surface area contributed by atoms with Crippen molar-refractivity contribution in [3.8, 4) is 0 Å². The Hall–Kier alpha value is -1.09. The lowest BCUT2D eigenvalue weighted by Gasteiger charge is -2.26. The molecule has 4 heteroatoms. The van der Waals surface area contributed by atoms with Crippen LogP contribution >= 0.6 is 11.6 Å². The molecule has 0 N–H and O–H groups in total. The molecule has 0 aromatic carbocycles. The Morgan fingerprint density at radius 2 is 2.25 bits per heavy atom. The monoisotopic (exact) mass is 240 g/mol. The fourth-order valence-electron chi connectivity index (χ4n) is 1.55. The first kappa shape index (κ1) is 13.0. The zero-order valence-corrected chi connectivity index (χ0v) is 10.7. The van der Waals surface area contributed by atoms with E-state index in [9.17, 15) is 4.79 Å². The molecule has 1 aromatic rings. The molecule has 1 amide bonds. The number of nitrogens with zero attached hydrogens (tertiary/aromatic N) is 2. The molecule has 0 atom stereocenters. The Kier molecular flexibility index (Phi) is 4.74. The highest BCUT2D eigenvalue weighted by atomic mass is 35.5. The predicted molar refractivity (Wildman–Crippen MR) is 65.9 cm³/mol. The minimum atomic E-state index is 0.00116. The van der Waals surface area contributed by atoms with E-state index in [1.54, 1.807) is 23.2 Å². The lowest BCUT2D eigenvalue weighted by molar-refractivity contribution is 0.0717. The normalized spacial score (nSPS) is 10.6. The second kappa shape index (κ2) is 5.85. The first-order valence-corrected chi connectivity index (χ1v) is 5.90. The average Bonchev–Trinajstić information content (AvgIpc) is 2.25. The molecule has 0 unspecified atom stereocenters. The zero-order chi connectivity index (χ0) is 12.1. The molecule has 0 saturated heterocycles. The van der Waals surface area contributed by atoms with Crippen molar-refractivity contribution in [1.82, 2.24) is 9.88 Å². The third kappa shape index (κ3) is 2.95. The minimum Gasteiger partial charge on any atom is -0.335 e. The number of halogens is 1. The molecule has 0 bridgehead atoms. The maximum absolute atomic E-state index is 12.2. The van der Waals surface area contributed by atoms with Crippen molar-refractivity contribution >= 4 is 17.5 Å². The summed E-state index contributed by atoms with van der Waals surface area (Å²) in [6.45, 7) is 6.37. The van der Waals surface area contributed by atoms with Crippen LogP contribution in [-0.2, 0) is 0 Å². The van der Waals surface area contributed by atoms with Crippen LogP contribution in [0.5, 0.6) is 0 Å². The smallest absolute Gasteiger partial charge is 0.255 e. The van der Waals surface area contributed by atoms with Crippen molar-refractivity contribution in [2.75, 3.05) is 12.4 Å². The van der Waals surface area contributed by atoms with Crippen LogP contribution in [0.25, 0.3) is 0 Å². The van der Waals surface area contributed by atoms with Crippen LogP contribution < -0.4 is 0 Å². The molecule has 0 aliphatic carbocycles. The number of hydrogen-bond acceptors (Lipinski definition) is 2. The standard InChI is InChI=1S/C12H17ClN2O/c1-9(2)15(8-6-13)12(16)11-5-4-7-14-10(11)3/h4-5,7,9H,6,8H2,1-3H3. The number of aromatic nitrogens is 1. The molecular formula is C12H17ClN2O. The second-order valence-corrected chi connectivity index (χ2v) is 4.30. The van der Waals surface area contributed by atoms with Gasteiger partial charge in [0.2, 0.25) is 0 Å². The van der Waals surface area contributed by atoms with Crippen LogP contribution in [0.1, 0.15) is 29.9 Å². The van der Waals surface area contributed by atoms with E-state index in [0.717, 1.165) is 5.69 Å². The van der Waals surface area contributed by atoms with E-state index in [2.05, 4.69) is 4.98 Å². The summed E-state index contributed by atoms with van der Waals surface area (Å²) in [5, 5.41) is 0. The van der Waals surface area contributed by atoms with Crippen molar-refractivity contribution in [3.63, 3.8) is 0 Å². The number of aryl methyl sites for hydroxylation is 1. The highest BCUT2D eigenvalue weighted by Gasteiger charge is 2.19. The highest BCUT2D eigenvalue weighted by Crippen LogP contribution is 2.11. The van der Waals surface area contributed by atoms with E-state index in [-0.39, 0.29) is 11.9 Å². The molecule has 0 radical (unpaired) electrons. The molecule has 0 spiro atoms. The number of hydrogen-bond donors (Lipinski definition) is 0. The SMILES string of the molecule is Cc1ncccc1C(=O)N(CCCl)C(C)C. The topological polar surface area (TPSA) is 33.2 Å². The van der Waals surface area contributed by atoms with Crippen molar-refractivity contribution in [2.45, 2.75) is 26.8 Å². The minimum absolute atomic E-state index is 0.00116. The van der Waals surface area contributed by atoms with Crippen LogP contribution in [0.2, 0.25) is 0 Å². The van der Waals surface area contributed by atoms with E-state index < -0.39 is 0 Å². The summed E-state index contributed by atoms with van der Waals surface area (Å²) in [6, 6.07) is 3.72. The van der Waals surface area contributed by atoms with Crippen LogP contribution in [0.4, 0.5) is 0 Å². The van der Waals surface area contributed by atoms with E-state index in [1.165, 1.54) is 0 Å². The predicted octanol–water partition coefficient (Wildman–Crippen LogP) is 2.48. The first-order valence-electron chi connectivity index (χ1n) is 5.36. The van der Waals surface area contributed by atoms with Crippen LogP contribution in [0.3, 0.4) is 0 Å². The number of carbonyl (C=O) groups is 1. The van der Waals surface area contributed by atoms with Gasteiger partial charge in [0, 0.05) is 30.4 Å². The average molecular weight is 241 g/mol. The van der Waals surface area contributed by atoms with Crippen LogP contribution in [0.15, 0.2) is 18.3 Å². The molecule has 0 saturated carbocycles. The largest absolute Gasteiger partial charge is 0.335 e. The van der Waals surface area contributed by atoms with E-state index in [4.69, 9.17) is 11.6 Å². The molecule has 1 aromatic heterocycles. The van der Waals surface area contributed by atoms with Gasteiger partial charge in [0.25, 0.3) is 5.91 Å². The van der Waals surface area contributed by atoms with Crippen molar-refractivity contribution in [3.05, 3.63) is 29.6 Å². The van der Waals surface area contributed by atoms with Crippen molar-refractivity contribution in [2.24, 2.45) is 0 Å². The molecule has 1 heterocycles. The summed E-state index contributed by atoms with van der Waals surface area (Å²) in [4.78, 5) is 18.1. The summed E-state index contributed by atoms with van der Waals surface area (Å²) >= 11 is 5.70. The van der Waals surface area contributed by atoms with Gasteiger partial charge in [-0.15, -0.1) is 11.6 Å². The van der Waals surface area contributed by atoms with Gasteiger partial charge in [-0.25, -0.2) is 0 Å². The summed E-state index contributed by atoms with van der Waals surface area (Å²) < 4.78 is 0. The lowest BCUT2D eigenvalue weighted by atomic mass is 10.1. The summed E-state index contributed by atoms with van der Waals surface area (Å²) in [7, 11) is 0.